The largest absolute Gasteiger partial charge is 0.390 e. The molecule has 0 fully saturated rings. The third kappa shape index (κ3) is 3.37. The lowest BCUT2D eigenvalue weighted by Gasteiger charge is -2.12. The Morgan fingerprint density at radius 1 is 1.38 bits per heavy atom. The fourth-order valence-electron chi connectivity index (χ4n) is 0.856. The molecular formula is C7H8F3N3. The first-order valence-electron chi connectivity index (χ1n) is 3.57. The molecule has 3 nitrogen and oxygen atoms in total. The van der Waals surface area contributed by atoms with Crippen LogP contribution in [0.4, 0.5) is 13.2 Å². The van der Waals surface area contributed by atoms with Crippen molar-refractivity contribution >= 4 is 0 Å². The van der Waals surface area contributed by atoms with Crippen LogP contribution in [0.25, 0.3) is 0 Å². The molecule has 0 spiro atoms. The monoisotopic (exact) mass is 191 g/mol. The van der Waals surface area contributed by atoms with Crippen LogP contribution in [0.1, 0.15) is 18.2 Å². The molecule has 1 heterocycles. The zero-order valence-electron chi connectivity index (χ0n) is 6.62. The number of alkyl halides is 3. The van der Waals surface area contributed by atoms with Crippen LogP contribution in [0.15, 0.2) is 18.6 Å². The van der Waals surface area contributed by atoms with Crippen LogP contribution in [0.5, 0.6) is 0 Å². The lowest BCUT2D eigenvalue weighted by Crippen LogP contribution is -2.21. The summed E-state index contributed by atoms with van der Waals surface area (Å²) in [5.41, 5.74) is 5.41. The lowest BCUT2D eigenvalue weighted by molar-refractivity contribution is -0.138. The number of nitrogens with two attached hydrogens (primary N) is 1. The van der Waals surface area contributed by atoms with Crippen molar-refractivity contribution in [2.24, 2.45) is 5.73 Å². The lowest BCUT2D eigenvalue weighted by atomic mass is 10.1. The van der Waals surface area contributed by atoms with Gasteiger partial charge in [0.05, 0.1) is 18.2 Å². The molecule has 0 saturated carbocycles. The highest BCUT2D eigenvalue weighted by molar-refractivity contribution is 5.01. The summed E-state index contributed by atoms with van der Waals surface area (Å²) in [5.74, 6) is 0. The third-order valence-corrected chi connectivity index (χ3v) is 1.41. The maximum atomic E-state index is 11.9. The average Bonchev–Trinajstić information content (AvgIpc) is 2.03. The van der Waals surface area contributed by atoms with Gasteiger partial charge in [-0.25, -0.2) is 0 Å². The van der Waals surface area contributed by atoms with Crippen molar-refractivity contribution < 1.29 is 13.2 Å². The Labute approximate surface area is 72.8 Å². The molecule has 0 saturated heterocycles. The second kappa shape index (κ2) is 3.69. The Morgan fingerprint density at radius 3 is 2.54 bits per heavy atom. The van der Waals surface area contributed by atoms with Crippen molar-refractivity contribution in [1.82, 2.24) is 9.97 Å². The number of rotatable bonds is 2. The van der Waals surface area contributed by atoms with Crippen LogP contribution < -0.4 is 5.73 Å². The Morgan fingerprint density at radius 2 is 2.08 bits per heavy atom. The van der Waals surface area contributed by atoms with E-state index < -0.39 is 18.6 Å². The molecule has 1 aromatic rings. The van der Waals surface area contributed by atoms with Crippen molar-refractivity contribution in [1.29, 1.82) is 0 Å². The first kappa shape index (κ1) is 9.91. The minimum atomic E-state index is -4.27. The van der Waals surface area contributed by atoms with Crippen LogP contribution >= 0.6 is 0 Å². The fourth-order valence-corrected chi connectivity index (χ4v) is 0.856. The molecule has 2 N–H and O–H groups in total. The van der Waals surface area contributed by atoms with Crippen LogP contribution in [0, 0.1) is 0 Å². The van der Waals surface area contributed by atoms with Gasteiger partial charge in [-0.15, -0.1) is 0 Å². The predicted molar refractivity (Wildman–Crippen MR) is 39.6 cm³/mol. The van der Waals surface area contributed by atoms with Crippen LogP contribution in [-0.2, 0) is 0 Å². The van der Waals surface area contributed by atoms with E-state index in [1.807, 2.05) is 0 Å². The quantitative estimate of drug-likeness (QED) is 0.769. The van der Waals surface area contributed by atoms with E-state index in [0.29, 0.717) is 0 Å². The van der Waals surface area contributed by atoms with E-state index in [9.17, 15) is 13.2 Å². The van der Waals surface area contributed by atoms with E-state index in [1.54, 1.807) is 0 Å². The predicted octanol–water partition coefficient (Wildman–Crippen LogP) is 1.43. The van der Waals surface area contributed by atoms with E-state index in [1.165, 1.54) is 18.6 Å². The van der Waals surface area contributed by atoms with Gasteiger partial charge >= 0.3 is 6.18 Å². The standard InChI is InChI=1S/C7H8F3N3/c8-7(9,10)3-5(11)6-4-12-1-2-13-6/h1-2,4-5H,3,11H2. The summed E-state index contributed by atoms with van der Waals surface area (Å²) in [6.45, 7) is 0. The van der Waals surface area contributed by atoms with Crippen molar-refractivity contribution in [2.75, 3.05) is 0 Å². The van der Waals surface area contributed by atoms with Gasteiger partial charge in [0.15, 0.2) is 0 Å². The van der Waals surface area contributed by atoms with E-state index in [4.69, 9.17) is 5.73 Å². The zero-order valence-corrected chi connectivity index (χ0v) is 6.62. The molecule has 13 heavy (non-hydrogen) atoms. The minimum absolute atomic E-state index is 0.153. The molecular weight excluding hydrogens is 183 g/mol. The molecule has 72 valence electrons. The molecule has 0 aliphatic rings. The maximum Gasteiger partial charge on any atom is 0.390 e. The molecule has 1 aromatic heterocycles. The number of hydrogen-bond acceptors (Lipinski definition) is 3. The molecule has 0 radical (unpaired) electrons. The van der Waals surface area contributed by atoms with E-state index in [0.717, 1.165) is 0 Å². The molecule has 1 atom stereocenters. The fraction of sp³-hybridized carbons (Fsp3) is 0.429. The van der Waals surface area contributed by atoms with Crippen LogP contribution in [0.3, 0.4) is 0 Å². The second-order valence-corrected chi connectivity index (χ2v) is 2.56. The molecule has 0 bridgehead atoms. The zero-order chi connectivity index (χ0) is 9.90. The van der Waals surface area contributed by atoms with Gasteiger partial charge in [0.2, 0.25) is 0 Å². The second-order valence-electron chi connectivity index (χ2n) is 2.56. The topological polar surface area (TPSA) is 51.8 Å². The molecule has 0 aliphatic heterocycles. The van der Waals surface area contributed by atoms with Gasteiger partial charge in [0, 0.05) is 18.6 Å². The smallest absolute Gasteiger partial charge is 0.322 e. The van der Waals surface area contributed by atoms with E-state index in [2.05, 4.69) is 9.97 Å². The van der Waals surface area contributed by atoms with Crippen LogP contribution in [-0.4, -0.2) is 16.1 Å². The van der Waals surface area contributed by atoms with E-state index >= 15 is 0 Å². The summed E-state index contributed by atoms with van der Waals surface area (Å²) in [4.78, 5) is 7.30. The highest BCUT2D eigenvalue weighted by Crippen LogP contribution is 2.26. The molecule has 1 unspecified atom stereocenters. The van der Waals surface area contributed by atoms with Gasteiger partial charge in [-0.3, -0.25) is 9.97 Å². The van der Waals surface area contributed by atoms with Gasteiger partial charge in [-0.05, 0) is 0 Å². The first-order chi connectivity index (χ1) is 5.99. The van der Waals surface area contributed by atoms with Gasteiger partial charge in [0.25, 0.3) is 0 Å². The minimum Gasteiger partial charge on any atom is -0.322 e. The first-order valence-corrected chi connectivity index (χ1v) is 3.57. The van der Waals surface area contributed by atoms with Crippen molar-refractivity contribution in [2.45, 2.75) is 18.6 Å². The molecule has 6 heteroatoms. The number of aromatic nitrogens is 2. The molecule has 0 aromatic carbocycles. The Bertz CT molecular complexity index is 259. The van der Waals surface area contributed by atoms with Crippen molar-refractivity contribution in [3.05, 3.63) is 24.3 Å². The Hall–Kier alpha value is -1.17. The van der Waals surface area contributed by atoms with Gasteiger partial charge in [-0.2, -0.15) is 13.2 Å². The average molecular weight is 191 g/mol. The summed E-state index contributed by atoms with van der Waals surface area (Å²) in [6.07, 6.45) is -1.42. The van der Waals surface area contributed by atoms with Crippen molar-refractivity contribution in [3.63, 3.8) is 0 Å². The summed E-state index contributed by atoms with van der Waals surface area (Å²) >= 11 is 0. The SMILES string of the molecule is NC(CC(F)(F)F)c1cnccn1. The highest BCUT2D eigenvalue weighted by Gasteiger charge is 2.31. The summed E-state index contributed by atoms with van der Waals surface area (Å²) in [6, 6.07) is -1.13. The summed E-state index contributed by atoms with van der Waals surface area (Å²) in [5, 5.41) is 0. The van der Waals surface area contributed by atoms with Gasteiger partial charge < -0.3 is 5.73 Å². The normalized spacial score (nSPS) is 14.2. The van der Waals surface area contributed by atoms with Gasteiger partial charge in [-0.1, -0.05) is 0 Å². The Kier molecular flexibility index (Phi) is 2.82. The Balaban J connectivity index is 2.64. The van der Waals surface area contributed by atoms with Crippen molar-refractivity contribution in [3.8, 4) is 0 Å². The maximum absolute atomic E-state index is 11.9. The number of halogens is 3. The van der Waals surface area contributed by atoms with E-state index in [-0.39, 0.29) is 5.69 Å². The highest BCUT2D eigenvalue weighted by atomic mass is 19.4. The van der Waals surface area contributed by atoms with Gasteiger partial charge in [0.1, 0.15) is 0 Å². The summed E-state index contributed by atoms with van der Waals surface area (Å²) < 4.78 is 35.6. The molecule has 1 rings (SSSR count). The number of hydrogen-bond donors (Lipinski definition) is 1. The third-order valence-electron chi connectivity index (χ3n) is 1.41. The molecule has 0 amide bonds. The van der Waals surface area contributed by atoms with Crippen LogP contribution in [0.2, 0.25) is 0 Å². The summed E-state index contributed by atoms with van der Waals surface area (Å²) in [7, 11) is 0. The number of nitrogens with zero attached hydrogens (tertiary/aromatic N) is 2. The molecule has 0 aliphatic carbocycles.